The van der Waals surface area contributed by atoms with Gasteiger partial charge in [-0.15, -0.1) is 0 Å². The number of carbonyl (C=O) groups is 1. The first-order chi connectivity index (χ1) is 7.87. The zero-order valence-electron chi connectivity index (χ0n) is 11.3. The van der Waals surface area contributed by atoms with E-state index in [4.69, 9.17) is 0 Å². The van der Waals surface area contributed by atoms with Crippen LogP contribution in [0, 0.1) is 5.41 Å². The Bertz CT molecular complexity index is 242. The Hall–Kier alpha value is -0.770. The molecule has 1 aliphatic rings. The molecule has 17 heavy (non-hydrogen) atoms. The van der Waals surface area contributed by atoms with Crippen LogP contribution in [-0.2, 0) is 0 Å². The minimum atomic E-state index is -0.468. The Labute approximate surface area is 104 Å². The van der Waals surface area contributed by atoms with Gasteiger partial charge in [-0.2, -0.15) is 0 Å². The monoisotopic (exact) mass is 242 g/mol. The number of carbonyl (C=O) groups excluding carboxylic acids is 1. The van der Waals surface area contributed by atoms with Crippen molar-refractivity contribution in [2.75, 3.05) is 6.54 Å². The van der Waals surface area contributed by atoms with Crippen molar-refractivity contribution in [3.05, 3.63) is 0 Å². The lowest BCUT2D eigenvalue weighted by molar-refractivity contribution is 0.120. The molecule has 0 aromatic heterocycles. The molecule has 0 heterocycles. The number of rotatable bonds is 4. The number of hydrogen-bond donors (Lipinski definition) is 3. The molecular formula is C13H26N2O2. The van der Waals surface area contributed by atoms with Crippen LogP contribution in [-0.4, -0.2) is 29.8 Å². The zero-order valence-corrected chi connectivity index (χ0v) is 11.3. The fourth-order valence-electron chi connectivity index (χ4n) is 2.30. The third-order valence-corrected chi connectivity index (χ3v) is 3.04. The first kappa shape index (κ1) is 14.3. The van der Waals surface area contributed by atoms with Crippen molar-refractivity contribution >= 4 is 6.03 Å². The molecule has 1 unspecified atom stereocenters. The minimum absolute atomic E-state index is 0.0863. The lowest BCUT2D eigenvalue weighted by atomic mass is 9.89. The summed E-state index contributed by atoms with van der Waals surface area (Å²) < 4.78 is 0. The molecule has 4 heteroatoms. The topological polar surface area (TPSA) is 61.4 Å². The van der Waals surface area contributed by atoms with Gasteiger partial charge in [0.2, 0.25) is 0 Å². The van der Waals surface area contributed by atoms with E-state index in [1.165, 1.54) is 12.8 Å². The number of aliphatic hydroxyl groups excluding tert-OH is 1. The molecule has 0 aliphatic heterocycles. The molecule has 4 nitrogen and oxygen atoms in total. The molecule has 0 spiro atoms. The van der Waals surface area contributed by atoms with Gasteiger partial charge in [0.25, 0.3) is 0 Å². The van der Waals surface area contributed by atoms with Gasteiger partial charge < -0.3 is 15.7 Å². The highest BCUT2D eigenvalue weighted by molar-refractivity contribution is 5.74. The van der Waals surface area contributed by atoms with Crippen molar-refractivity contribution in [3.63, 3.8) is 0 Å². The van der Waals surface area contributed by atoms with Gasteiger partial charge >= 0.3 is 6.03 Å². The quantitative estimate of drug-likeness (QED) is 0.706. The average molecular weight is 242 g/mol. The molecule has 1 rings (SSSR count). The highest BCUT2D eigenvalue weighted by Crippen LogP contribution is 2.20. The summed E-state index contributed by atoms with van der Waals surface area (Å²) in [6.45, 7) is 6.56. The van der Waals surface area contributed by atoms with E-state index < -0.39 is 6.10 Å². The maximum Gasteiger partial charge on any atom is 0.315 e. The largest absolute Gasteiger partial charge is 0.391 e. The van der Waals surface area contributed by atoms with Gasteiger partial charge in [0.05, 0.1) is 6.10 Å². The van der Waals surface area contributed by atoms with Crippen LogP contribution in [0.5, 0.6) is 0 Å². The van der Waals surface area contributed by atoms with Gasteiger partial charge in [-0.25, -0.2) is 4.79 Å². The van der Waals surface area contributed by atoms with Crippen LogP contribution in [0.25, 0.3) is 0 Å². The summed E-state index contributed by atoms with van der Waals surface area (Å²) in [6.07, 6.45) is 4.80. The smallest absolute Gasteiger partial charge is 0.315 e. The first-order valence-corrected chi connectivity index (χ1v) is 6.59. The van der Waals surface area contributed by atoms with E-state index in [1.54, 1.807) is 0 Å². The SMILES string of the molecule is CC(C)(C)CC(O)CNC(=O)NC1CCCC1. The van der Waals surface area contributed by atoms with Crippen LogP contribution < -0.4 is 10.6 Å². The molecule has 2 amide bonds. The van der Waals surface area contributed by atoms with E-state index in [0.717, 1.165) is 12.8 Å². The van der Waals surface area contributed by atoms with E-state index in [9.17, 15) is 9.90 Å². The van der Waals surface area contributed by atoms with Gasteiger partial charge in [-0.05, 0) is 24.7 Å². The first-order valence-electron chi connectivity index (χ1n) is 6.59. The fraction of sp³-hybridized carbons (Fsp3) is 0.923. The summed E-state index contributed by atoms with van der Waals surface area (Å²) in [5.41, 5.74) is 0.0863. The van der Waals surface area contributed by atoms with Crippen LogP contribution in [0.3, 0.4) is 0 Å². The second kappa shape index (κ2) is 6.24. The van der Waals surface area contributed by atoms with E-state index in [0.29, 0.717) is 19.0 Å². The van der Waals surface area contributed by atoms with Crippen molar-refractivity contribution in [2.24, 2.45) is 5.41 Å². The highest BCUT2D eigenvalue weighted by atomic mass is 16.3. The summed E-state index contributed by atoms with van der Waals surface area (Å²) in [5, 5.41) is 15.4. The molecular weight excluding hydrogens is 216 g/mol. The molecule has 1 fully saturated rings. The minimum Gasteiger partial charge on any atom is -0.391 e. The maximum absolute atomic E-state index is 11.5. The molecule has 0 aromatic rings. The molecule has 3 N–H and O–H groups in total. The average Bonchev–Trinajstić information content (AvgIpc) is 2.64. The highest BCUT2D eigenvalue weighted by Gasteiger charge is 2.19. The summed E-state index contributed by atoms with van der Waals surface area (Å²) in [7, 11) is 0. The second-order valence-corrected chi connectivity index (χ2v) is 6.25. The molecule has 0 radical (unpaired) electrons. The summed E-state index contributed by atoms with van der Waals surface area (Å²) >= 11 is 0. The van der Waals surface area contributed by atoms with Crippen LogP contribution >= 0.6 is 0 Å². The van der Waals surface area contributed by atoms with Crippen LogP contribution in [0.1, 0.15) is 52.9 Å². The lowest BCUT2D eigenvalue weighted by Crippen LogP contribution is -2.44. The summed E-state index contributed by atoms with van der Waals surface area (Å²) in [4.78, 5) is 11.5. The number of nitrogens with one attached hydrogen (secondary N) is 2. The molecule has 100 valence electrons. The number of amides is 2. The van der Waals surface area contributed by atoms with Crippen molar-refractivity contribution in [2.45, 2.75) is 65.0 Å². The van der Waals surface area contributed by atoms with Gasteiger partial charge in [0.15, 0.2) is 0 Å². The Kier molecular flexibility index (Phi) is 5.25. The van der Waals surface area contributed by atoms with Crippen LogP contribution in [0.2, 0.25) is 0 Å². The number of aliphatic hydroxyl groups is 1. The van der Waals surface area contributed by atoms with Gasteiger partial charge in [0.1, 0.15) is 0 Å². The van der Waals surface area contributed by atoms with Gasteiger partial charge in [-0.3, -0.25) is 0 Å². The van der Waals surface area contributed by atoms with Gasteiger partial charge in [-0.1, -0.05) is 33.6 Å². The maximum atomic E-state index is 11.5. The Morgan fingerprint density at radius 1 is 1.35 bits per heavy atom. The van der Waals surface area contributed by atoms with Crippen LogP contribution in [0.15, 0.2) is 0 Å². The number of hydrogen-bond acceptors (Lipinski definition) is 2. The predicted molar refractivity (Wildman–Crippen MR) is 68.9 cm³/mol. The van der Waals surface area contributed by atoms with Crippen molar-refractivity contribution in [1.82, 2.24) is 10.6 Å². The fourth-order valence-corrected chi connectivity index (χ4v) is 2.30. The number of urea groups is 1. The molecule has 0 saturated heterocycles. The molecule has 1 aliphatic carbocycles. The van der Waals surface area contributed by atoms with E-state index in [2.05, 4.69) is 31.4 Å². The second-order valence-electron chi connectivity index (χ2n) is 6.25. The molecule has 1 saturated carbocycles. The summed E-state index contributed by atoms with van der Waals surface area (Å²) in [5.74, 6) is 0. The van der Waals surface area contributed by atoms with E-state index >= 15 is 0 Å². The molecule has 1 atom stereocenters. The van der Waals surface area contributed by atoms with E-state index in [1.807, 2.05) is 0 Å². The van der Waals surface area contributed by atoms with Crippen LogP contribution in [0.4, 0.5) is 4.79 Å². The third kappa shape index (κ3) is 6.51. The van der Waals surface area contributed by atoms with Crippen molar-refractivity contribution in [1.29, 1.82) is 0 Å². The standard InChI is InChI=1S/C13H26N2O2/c1-13(2,3)8-11(16)9-14-12(17)15-10-6-4-5-7-10/h10-11,16H,4-9H2,1-3H3,(H2,14,15,17). The third-order valence-electron chi connectivity index (χ3n) is 3.04. The van der Waals surface area contributed by atoms with Crippen molar-refractivity contribution < 1.29 is 9.90 Å². The predicted octanol–water partition coefficient (Wildman–Crippen LogP) is 2.03. The van der Waals surface area contributed by atoms with Gasteiger partial charge in [0, 0.05) is 12.6 Å². The Morgan fingerprint density at radius 2 is 1.94 bits per heavy atom. The Balaban J connectivity index is 2.14. The van der Waals surface area contributed by atoms with E-state index in [-0.39, 0.29) is 11.4 Å². The summed E-state index contributed by atoms with van der Waals surface area (Å²) in [6, 6.07) is 0.180. The zero-order chi connectivity index (χ0) is 12.9. The van der Waals surface area contributed by atoms with Crippen molar-refractivity contribution in [3.8, 4) is 0 Å². The lowest BCUT2D eigenvalue weighted by Gasteiger charge is -2.22. The molecule has 0 aromatic carbocycles. The molecule has 0 bridgehead atoms. The Morgan fingerprint density at radius 3 is 2.47 bits per heavy atom. The normalized spacial score (nSPS) is 19.1.